The van der Waals surface area contributed by atoms with Gasteiger partial charge in [-0.3, -0.25) is 10.1 Å². The number of ether oxygens (including phenoxy) is 1. The van der Waals surface area contributed by atoms with E-state index in [-0.39, 0.29) is 17.8 Å². The van der Waals surface area contributed by atoms with Crippen molar-refractivity contribution in [3.8, 4) is 5.75 Å². The molecule has 0 saturated heterocycles. The second kappa shape index (κ2) is 7.83. The fourth-order valence-corrected chi connectivity index (χ4v) is 1.97. The monoisotopic (exact) mass is 295 g/mol. The Bertz CT molecular complexity index is 475. The molecule has 0 bridgehead atoms. The van der Waals surface area contributed by atoms with Gasteiger partial charge in [-0.1, -0.05) is 6.07 Å². The van der Waals surface area contributed by atoms with E-state index in [1.165, 1.54) is 0 Å². The molecular formula is C15H25N3O3. The van der Waals surface area contributed by atoms with Gasteiger partial charge in [0.05, 0.1) is 11.0 Å². The summed E-state index contributed by atoms with van der Waals surface area (Å²) in [6.07, 6.45) is 0.796. The Labute approximate surface area is 126 Å². The van der Waals surface area contributed by atoms with Gasteiger partial charge in [0.25, 0.3) is 0 Å². The highest BCUT2D eigenvalue weighted by Crippen LogP contribution is 2.35. The van der Waals surface area contributed by atoms with E-state index in [1.807, 2.05) is 34.9 Å². The number of nitro benzene ring substituents is 1. The molecule has 0 radical (unpaired) electrons. The molecule has 1 aromatic carbocycles. The molecule has 118 valence electrons. The highest BCUT2D eigenvalue weighted by atomic mass is 16.6. The van der Waals surface area contributed by atoms with Gasteiger partial charge in [0.1, 0.15) is 5.69 Å². The predicted octanol–water partition coefficient (Wildman–Crippen LogP) is 3.13. The van der Waals surface area contributed by atoms with Crippen molar-refractivity contribution in [2.45, 2.75) is 39.3 Å². The minimum Gasteiger partial charge on any atom is -0.484 e. The van der Waals surface area contributed by atoms with Crippen molar-refractivity contribution in [3.05, 3.63) is 28.3 Å². The van der Waals surface area contributed by atoms with Gasteiger partial charge in [0.15, 0.2) is 5.75 Å². The summed E-state index contributed by atoms with van der Waals surface area (Å²) in [6, 6.07) is 5.26. The number of nitrogens with one attached hydrogen (secondary N) is 1. The van der Waals surface area contributed by atoms with E-state index in [4.69, 9.17) is 4.74 Å². The van der Waals surface area contributed by atoms with Gasteiger partial charge in [0.2, 0.25) is 0 Å². The molecule has 6 heteroatoms. The van der Waals surface area contributed by atoms with Crippen LogP contribution in [0, 0.1) is 10.1 Å². The van der Waals surface area contributed by atoms with Crippen molar-refractivity contribution in [1.82, 2.24) is 4.90 Å². The molecule has 0 fully saturated rings. The summed E-state index contributed by atoms with van der Waals surface area (Å²) in [4.78, 5) is 13.0. The lowest BCUT2D eigenvalue weighted by Crippen LogP contribution is -2.23. The Morgan fingerprint density at radius 3 is 2.52 bits per heavy atom. The maximum Gasteiger partial charge on any atom is 0.333 e. The van der Waals surface area contributed by atoms with Crippen LogP contribution in [0.5, 0.6) is 5.75 Å². The van der Waals surface area contributed by atoms with E-state index in [2.05, 4.69) is 10.2 Å². The largest absolute Gasteiger partial charge is 0.484 e. The molecule has 6 nitrogen and oxygen atoms in total. The molecule has 1 unspecified atom stereocenters. The zero-order valence-electron chi connectivity index (χ0n) is 13.4. The lowest BCUT2D eigenvalue weighted by molar-refractivity contribution is -0.385. The fraction of sp³-hybridized carbons (Fsp3) is 0.600. The highest BCUT2D eigenvalue weighted by Gasteiger charge is 2.22. The third-order valence-electron chi connectivity index (χ3n) is 2.96. The number of nitrogens with zero attached hydrogens (tertiary/aromatic N) is 2. The van der Waals surface area contributed by atoms with E-state index >= 15 is 0 Å². The summed E-state index contributed by atoms with van der Waals surface area (Å²) < 4.78 is 5.54. The van der Waals surface area contributed by atoms with Crippen LogP contribution in [0.2, 0.25) is 0 Å². The number of anilines is 1. The van der Waals surface area contributed by atoms with Crippen molar-refractivity contribution in [3.63, 3.8) is 0 Å². The van der Waals surface area contributed by atoms with Crippen LogP contribution in [-0.4, -0.2) is 42.6 Å². The van der Waals surface area contributed by atoms with Crippen molar-refractivity contribution in [2.24, 2.45) is 0 Å². The van der Waals surface area contributed by atoms with Crippen LogP contribution in [0.1, 0.15) is 27.2 Å². The van der Waals surface area contributed by atoms with Crippen LogP contribution < -0.4 is 10.1 Å². The summed E-state index contributed by atoms with van der Waals surface area (Å²) >= 11 is 0. The van der Waals surface area contributed by atoms with Gasteiger partial charge in [-0.05, 0) is 60.0 Å². The molecule has 0 amide bonds. The molecule has 21 heavy (non-hydrogen) atoms. The molecule has 1 atom stereocenters. The highest BCUT2D eigenvalue weighted by molar-refractivity contribution is 5.68. The first-order valence-electron chi connectivity index (χ1n) is 7.16. The van der Waals surface area contributed by atoms with Gasteiger partial charge in [-0.15, -0.1) is 0 Å². The van der Waals surface area contributed by atoms with Crippen LogP contribution in [0.4, 0.5) is 11.4 Å². The standard InChI is InChI=1S/C15H25N3O3/c1-11(2)21-14-8-6-7-13(15(14)18(19)20)16-12(3)9-10-17(4)5/h6-8,11-12,16H,9-10H2,1-5H3. The smallest absolute Gasteiger partial charge is 0.333 e. The second-order valence-electron chi connectivity index (χ2n) is 5.71. The Morgan fingerprint density at radius 1 is 1.33 bits per heavy atom. The number of nitro groups is 1. The van der Waals surface area contributed by atoms with Gasteiger partial charge in [-0.2, -0.15) is 0 Å². The Balaban J connectivity index is 2.93. The Hall–Kier alpha value is -1.82. The normalized spacial score (nSPS) is 12.5. The van der Waals surface area contributed by atoms with E-state index in [9.17, 15) is 10.1 Å². The molecule has 0 aliphatic heterocycles. The number of benzene rings is 1. The third-order valence-corrected chi connectivity index (χ3v) is 2.96. The zero-order valence-corrected chi connectivity index (χ0v) is 13.4. The van der Waals surface area contributed by atoms with Crippen LogP contribution >= 0.6 is 0 Å². The van der Waals surface area contributed by atoms with Gasteiger partial charge < -0.3 is 15.0 Å². The van der Waals surface area contributed by atoms with Gasteiger partial charge in [-0.25, -0.2) is 0 Å². The number of rotatable bonds is 8. The summed E-state index contributed by atoms with van der Waals surface area (Å²) in [5.74, 6) is 0.305. The topological polar surface area (TPSA) is 67.6 Å². The fourth-order valence-electron chi connectivity index (χ4n) is 1.97. The van der Waals surface area contributed by atoms with Crippen molar-refractivity contribution >= 4 is 11.4 Å². The van der Waals surface area contributed by atoms with E-state index in [1.54, 1.807) is 18.2 Å². The maximum atomic E-state index is 11.3. The molecule has 1 rings (SSSR count). The maximum absolute atomic E-state index is 11.3. The number of hydrogen-bond acceptors (Lipinski definition) is 5. The first-order chi connectivity index (χ1) is 9.81. The minimum atomic E-state index is -0.390. The molecule has 1 N–H and O–H groups in total. The van der Waals surface area contributed by atoms with Crippen LogP contribution in [0.3, 0.4) is 0 Å². The SMILES string of the molecule is CC(CCN(C)C)Nc1cccc(OC(C)C)c1[N+](=O)[O-]. The van der Waals surface area contributed by atoms with E-state index in [0.29, 0.717) is 11.4 Å². The number of para-hydroxylation sites is 1. The molecule has 1 aromatic rings. The molecule has 0 spiro atoms. The third kappa shape index (κ3) is 5.59. The molecule has 0 aromatic heterocycles. The van der Waals surface area contributed by atoms with Crippen molar-refractivity contribution in [1.29, 1.82) is 0 Å². The van der Waals surface area contributed by atoms with Crippen LogP contribution in [0.15, 0.2) is 18.2 Å². The Morgan fingerprint density at radius 2 is 2.00 bits per heavy atom. The average molecular weight is 295 g/mol. The first-order valence-corrected chi connectivity index (χ1v) is 7.16. The molecule has 0 aliphatic rings. The lowest BCUT2D eigenvalue weighted by Gasteiger charge is -2.19. The quantitative estimate of drug-likeness (QED) is 0.589. The van der Waals surface area contributed by atoms with Crippen molar-refractivity contribution in [2.75, 3.05) is 26.0 Å². The summed E-state index contributed by atoms with van der Waals surface area (Å²) in [5.41, 5.74) is 0.507. The second-order valence-corrected chi connectivity index (χ2v) is 5.71. The summed E-state index contributed by atoms with van der Waals surface area (Å²) in [5, 5.41) is 14.6. The van der Waals surface area contributed by atoms with Crippen LogP contribution in [0.25, 0.3) is 0 Å². The van der Waals surface area contributed by atoms with E-state index < -0.39 is 4.92 Å². The van der Waals surface area contributed by atoms with Gasteiger partial charge in [0, 0.05) is 6.04 Å². The lowest BCUT2D eigenvalue weighted by atomic mass is 10.2. The van der Waals surface area contributed by atoms with Crippen molar-refractivity contribution < 1.29 is 9.66 Å². The summed E-state index contributed by atoms with van der Waals surface area (Å²) in [7, 11) is 4.01. The molecule has 0 aliphatic carbocycles. The average Bonchev–Trinajstić information content (AvgIpc) is 2.35. The van der Waals surface area contributed by atoms with E-state index in [0.717, 1.165) is 13.0 Å². The summed E-state index contributed by atoms with van der Waals surface area (Å²) in [6.45, 7) is 6.64. The predicted molar refractivity (Wildman–Crippen MR) is 85.1 cm³/mol. The molecule has 0 heterocycles. The molecular weight excluding hydrogens is 270 g/mol. The van der Waals surface area contributed by atoms with Crippen LogP contribution in [-0.2, 0) is 0 Å². The molecule has 0 saturated carbocycles. The first kappa shape index (κ1) is 17.2. The number of hydrogen-bond donors (Lipinski definition) is 1. The zero-order chi connectivity index (χ0) is 16.0. The Kier molecular flexibility index (Phi) is 6.42. The minimum absolute atomic E-state index is 0.00269. The van der Waals surface area contributed by atoms with Gasteiger partial charge >= 0.3 is 5.69 Å².